The molecule has 0 aromatic rings. The van der Waals surface area contributed by atoms with Crippen molar-refractivity contribution in [3.63, 3.8) is 0 Å². The monoisotopic (exact) mass is 211 g/mol. The van der Waals surface area contributed by atoms with Crippen molar-refractivity contribution in [3.05, 3.63) is 0 Å². The number of piperidine rings is 1. The number of aliphatic carboxylic acids is 1. The topological polar surface area (TPSA) is 40.5 Å². The number of carbonyl (C=O) groups is 1. The summed E-state index contributed by atoms with van der Waals surface area (Å²) in [6, 6.07) is -0.967. The summed E-state index contributed by atoms with van der Waals surface area (Å²) >= 11 is 0. The lowest BCUT2D eigenvalue weighted by atomic mass is 10.0. The summed E-state index contributed by atoms with van der Waals surface area (Å²) in [6.07, 6.45) is -2.68. The van der Waals surface area contributed by atoms with Gasteiger partial charge in [-0.25, -0.2) is 0 Å². The minimum Gasteiger partial charge on any atom is -0.480 e. The summed E-state index contributed by atoms with van der Waals surface area (Å²) in [5, 5.41) is 8.70. The van der Waals surface area contributed by atoms with E-state index in [9.17, 15) is 18.0 Å². The normalized spacial score (nSPS) is 24.9. The van der Waals surface area contributed by atoms with Gasteiger partial charge < -0.3 is 5.11 Å². The predicted octanol–water partition coefficient (Wildman–Crippen LogP) is 1.49. The minimum absolute atomic E-state index is 0.219. The van der Waals surface area contributed by atoms with Crippen molar-refractivity contribution in [2.75, 3.05) is 13.1 Å². The van der Waals surface area contributed by atoms with Crippen molar-refractivity contribution < 1.29 is 23.1 Å². The summed E-state index contributed by atoms with van der Waals surface area (Å²) in [7, 11) is 0. The van der Waals surface area contributed by atoms with E-state index >= 15 is 0 Å². The summed E-state index contributed by atoms with van der Waals surface area (Å²) in [6.45, 7) is -0.902. The van der Waals surface area contributed by atoms with E-state index in [1.165, 1.54) is 0 Å². The molecule has 0 bridgehead atoms. The molecule has 1 heterocycles. The molecule has 0 aliphatic carbocycles. The first kappa shape index (κ1) is 11.3. The molecule has 14 heavy (non-hydrogen) atoms. The molecule has 0 spiro atoms. The van der Waals surface area contributed by atoms with Gasteiger partial charge in [-0.15, -0.1) is 0 Å². The Hall–Kier alpha value is -0.780. The lowest BCUT2D eigenvalue weighted by Gasteiger charge is -2.33. The highest BCUT2D eigenvalue weighted by molar-refractivity contribution is 5.73. The van der Waals surface area contributed by atoms with Crippen molar-refractivity contribution in [1.82, 2.24) is 4.90 Å². The molecule has 1 fully saturated rings. The van der Waals surface area contributed by atoms with E-state index in [4.69, 9.17) is 5.11 Å². The fourth-order valence-electron chi connectivity index (χ4n) is 1.69. The van der Waals surface area contributed by atoms with Gasteiger partial charge in [-0.3, -0.25) is 9.69 Å². The second-order valence-electron chi connectivity index (χ2n) is 3.44. The Labute approximate surface area is 79.5 Å². The van der Waals surface area contributed by atoms with E-state index < -0.39 is 24.7 Å². The van der Waals surface area contributed by atoms with E-state index in [1.54, 1.807) is 0 Å². The third-order valence-electron chi connectivity index (χ3n) is 2.28. The van der Waals surface area contributed by atoms with Crippen LogP contribution in [-0.4, -0.2) is 41.3 Å². The third kappa shape index (κ3) is 3.17. The molecule has 1 saturated heterocycles. The zero-order chi connectivity index (χ0) is 10.8. The largest absolute Gasteiger partial charge is 0.480 e. The molecule has 0 aromatic heterocycles. The van der Waals surface area contributed by atoms with E-state index in [0.29, 0.717) is 19.3 Å². The van der Waals surface area contributed by atoms with Crippen LogP contribution in [0.3, 0.4) is 0 Å². The summed E-state index contributed by atoms with van der Waals surface area (Å²) in [4.78, 5) is 11.6. The van der Waals surface area contributed by atoms with Crippen molar-refractivity contribution in [2.24, 2.45) is 0 Å². The molecule has 1 rings (SSSR count). The molecule has 6 heteroatoms. The number of nitrogens with zero attached hydrogens (tertiary/aromatic N) is 1. The quantitative estimate of drug-likeness (QED) is 0.752. The van der Waals surface area contributed by atoms with Crippen molar-refractivity contribution >= 4 is 5.97 Å². The first-order chi connectivity index (χ1) is 6.40. The fourth-order valence-corrected chi connectivity index (χ4v) is 1.69. The smallest absolute Gasteiger partial charge is 0.401 e. The van der Waals surface area contributed by atoms with Gasteiger partial charge in [-0.1, -0.05) is 6.42 Å². The SMILES string of the molecule is O=C(O)C1CCCCN1CC(F)(F)F. The number of likely N-dealkylation sites (tertiary alicyclic amines) is 1. The van der Waals surface area contributed by atoms with Gasteiger partial charge in [0, 0.05) is 0 Å². The molecular weight excluding hydrogens is 199 g/mol. The van der Waals surface area contributed by atoms with Crippen molar-refractivity contribution in [3.8, 4) is 0 Å². The van der Waals surface area contributed by atoms with Crippen LogP contribution in [0.25, 0.3) is 0 Å². The maximum Gasteiger partial charge on any atom is 0.401 e. The fraction of sp³-hybridized carbons (Fsp3) is 0.875. The molecule has 1 unspecified atom stereocenters. The number of carboxylic acid groups (broad SMARTS) is 1. The van der Waals surface area contributed by atoms with E-state index in [0.717, 1.165) is 4.90 Å². The van der Waals surface area contributed by atoms with Crippen LogP contribution in [0.1, 0.15) is 19.3 Å². The van der Waals surface area contributed by atoms with E-state index in [-0.39, 0.29) is 6.54 Å². The van der Waals surface area contributed by atoms with Crippen LogP contribution >= 0.6 is 0 Å². The van der Waals surface area contributed by atoms with Crippen LogP contribution in [0.5, 0.6) is 0 Å². The second-order valence-corrected chi connectivity index (χ2v) is 3.44. The van der Waals surface area contributed by atoms with Gasteiger partial charge in [0.15, 0.2) is 0 Å². The van der Waals surface area contributed by atoms with Gasteiger partial charge >= 0.3 is 12.1 Å². The van der Waals surface area contributed by atoms with Crippen molar-refractivity contribution in [1.29, 1.82) is 0 Å². The van der Waals surface area contributed by atoms with Gasteiger partial charge in [-0.05, 0) is 19.4 Å². The molecule has 0 amide bonds. The summed E-state index contributed by atoms with van der Waals surface area (Å²) < 4.78 is 36.1. The second kappa shape index (κ2) is 4.16. The molecule has 1 aliphatic heterocycles. The van der Waals surface area contributed by atoms with Crippen LogP contribution in [0, 0.1) is 0 Å². The van der Waals surface area contributed by atoms with Crippen LogP contribution in [0.2, 0.25) is 0 Å². The molecule has 1 atom stereocenters. The molecule has 0 radical (unpaired) electrons. The molecule has 3 nitrogen and oxygen atoms in total. The van der Waals surface area contributed by atoms with Crippen LogP contribution < -0.4 is 0 Å². The first-order valence-electron chi connectivity index (χ1n) is 4.44. The zero-order valence-corrected chi connectivity index (χ0v) is 7.55. The molecule has 0 aromatic carbocycles. The predicted molar refractivity (Wildman–Crippen MR) is 42.9 cm³/mol. The number of rotatable bonds is 2. The van der Waals surface area contributed by atoms with Crippen molar-refractivity contribution in [2.45, 2.75) is 31.5 Å². The molecule has 82 valence electrons. The van der Waals surface area contributed by atoms with Gasteiger partial charge in [0.1, 0.15) is 6.04 Å². The maximum atomic E-state index is 12.0. The highest BCUT2D eigenvalue weighted by atomic mass is 19.4. The van der Waals surface area contributed by atoms with Crippen LogP contribution in [0.4, 0.5) is 13.2 Å². The first-order valence-corrected chi connectivity index (χ1v) is 4.44. The van der Waals surface area contributed by atoms with E-state index in [1.807, 2.05) is 0 Å². The lowest BCUT2D eigenvalue weighted by molar-refractivity contribution is -0.164. The summed E-state index contributed by atoms with van der Waals surface area (Å²) in [5.41, 5.74) is 0. The Bertz CT molecular complexity index is 217. The molecule has 1 aliphatic rings. The lowest BCUT2D eigenvalue weighted by Crippen LogP contribution is -2.48. The zero-order valence-electron chi connectivity index (χ0n) is 7.55. The highest BCUT2D eigenvalue weighted by Crippen LogP contribution is 2.23. The number of carboxylic acids is 1. The highest BCUT2D eigenvalue weighted by Gasteiger charge is 2.37. The third-order valence-corrected chi connectivity index (χ3v) is 2.28. The van der Waals surface area contributed by atoms with Crippen LogP contribution in [-0.2, 0) is 4.79 Å². The van der Waals surface area contributed by atoms with Gasteiger partial charge in [0.25, 0.3) is 0 Å². The Morgan fingerprint density at radius 2 is 2.07 bits per heavy atom. The Morgan fingerprint density at radius 1 is 1.43 bits per heavy atom. The molecule has 0 saturated carbocycles. The number of hydrogen-bond acceptors (Lipinski definition) is 2. The Morgan fingerprint density at radius 3 is 2.57 bits per heavy atom. The van der Waals surface area contributed by atoms with Gasteiger partial charge in [0.2, 0.25) is 0 Å². The molecule has 1 N–H and O–H groups in total. The number of alkyl halides is 3. The minimum atomic E-state index is -4.31. The average Bonchev–Trinajstić information content (AvgIpc) is 2.01. The maximum absolute atomic E-state index is 12.0. The number of hydrogen-bond donors (Lipinski definition) is 1. The standard InChI is InChI=1S/C8H12F3NO2/c9-8(10,11)5-12-4-2-1-3-6(12)7(13)14/h6H,1-5H2,(H,13,14). The average molecular weight is 211 g/mol. The van der Waals surface area contributed by atoms with E-state index in [2.05, 4.69) is 0 Å². The molecular formula is C8H12F3NO2. The van der Waals surface area contributed by atoms with Crippen LogP contribution in [0.15, 0.2) is 0 Å². The Kier molecular flexibility index (Phi) is 3.36. The Balaban J connectivity index is 2.59. The number of halogens is 3. The van der Waals surface area contributed by atoms with Gasteiger partial charge in [0.05, 0.1) is 6.54 Å². The summed E-state index contributed by atoms with van der Waals surface area (Å²) in [5.74, 6) is -1.16. The van der Waals surface area contributed by atoms with Gasteiger partial charge in [-0.2, -0.15) is 13.2 Å².